The summed E-state index contributed by atoms with van der Waals surface area (Å²) in [5.74, 6) is 0. The van der Waals surface area contributed by atoms with E-state index in [-0.39, 0.29) is 0 Å². The Bertz CT molecular complexity index is 403. The van der Waals surface area contributed by atoms with Crippen molar-refractivity contribution in [2.45, 2.75) is 19.9 Å². The number of nitrogens with one attached hydrogen (secondary N) is 1. The van der Waals surface area contributed by atoms with Crippen molar-refractivity contribution in [1.29, 1.82) is 0 Å². The zero-order valence-corrected chi connectivity index (χ0v) is 9.90. The summed E-state index contributed by atoms with van der Waals surface area (Å²) in [5.41, 5.74) is 3.08. The molecule has 0 aromatic carbocycles. The summed E-state index contributed by atoms with van der Waals surface area (Å²) < 4.78 is 0. The molecule has 1 rings (SSSR count). The molecule has 0 fully saturated rings. The van der Waals surface area contributed by atoms with Gasteiger partial charge in [0.15, 0.2) is 0 Å². The van der Waals surface area contributed by atoms with Crippen molar-refractivity contribution in [2.75, 3.05) is 5.32 Å². The summed E-state index contributed by atoms with van der Waals surface area (Å²) in [5, 5.41) is 3.32. The SMILES string of the molecule is C=C/C=C(\C=C)c1cncc(NC(C)C)c1. The monoisotopic (exact) mass is 214 g/mol. The molecule has 0 saturated heterocycles. The van der Waals surface area contributed by atoms with Crippen molar-refractivity contribution in [1.82, 2.24) is 4.98 Å². The normalized spacial score (nSPS) is 11.3. The Labute approximate surface area is 97.4 Å². The van der Waals surface area contributed by atoms with Crippen LogP contribution in [0.2, 0.25) is 0 Å². The Morgan fingerprint density at radius 1 is 1.38 bits per heavy atom. The van der Waals surface area contributed by atoms with E-state index in [1.165, 1.54) is 0 Å². The van der Waals surface area contributed by atoms with Crippen LogP contribution in [0.5, 0.6) is 0 Å². The van der Waals surface area contributed by atoms with Gasteiger partial charge in [0.25, 0.3) is 0 Å². The van der Waals surface area contributed by atoms with E-state index < -0.39 is 0 Å². The second kappa shape index (κ2) is 5.91. The quantitative estimate of drug-likeness (QED) is 0.757. The molecule has 84 valence electrons. The van der Waals surface area contributed by atoms with E-state index in [2.05, 4.69) is 43.4 Å². The maximum Gasteiger partial charge on any atom is 0.0534 e. The van der Waals surface area contributed by atoms with Gasteiger partial charge in [-0.1, -0.05) is 31.4 Å². The summed E-state index contributed by atoms with van der Waals surface area (Å²) in [6, 6.07) is 2.46. The van der Waals surface area contributed by atoms with E-state index in [0.717, 1.165) is 16.8 Å². The van der Waals surface area contributed by atoms with Gasteiger partial charge in [0.2, 0.25) is 0 Å². The van der Waals surface area contributed by atoms with Gasteiger partial charge in [0, 0.05) is 24.0 Å². The zero-order valence-electron chi connectivity index (χ0n) is 9.90. The smallest absolute Gasteiger partial charge is 0.0534 e. The predicted molar refractivity (Wildman–Crippen MR) is 71.4 cm³/mol. The van der Waals surface area contributed by atoms with E-state index in [9.17, 15) is 0 Å². The highest BCUT2D eigenvalue weighted by molar-refractivity contribution is 5.75. The molecule has 0 saturated carbocycles. The molecule has 0 atom stereocenters. The number of pyridine rings is 1. The molecule has 1 aromatic rings. The van der Waals surface area contributed by atoms with Crippen molar-refractivity contribution >= 4 is 11.3 Å². The van der Waals surface area contributed by atoms with Crippen LogP contribution in [-0.2, 0) is 0 Å². The summed E-state index contributed by atoms with van der Waals surface area (Å²) in [4.78, 5) is 4.20. The second-order valence-electron chi connectivity index (χ2n) is 3.82. The van der Waals surface area contributed by atoms with E-state index in [0.29, 0.717) is 6.04 Å². The van der Waals surface area contributed by atoms with Crippen LogP contribution in [0, 0.1) is 0 Å². The molecule has 0 unspecified atom stereocenters. The molecule has 2 heteroatoms. The summed E-state index contributed by atoms with van der Waals surface area (Å²) >= 11 is 0. The molecule has 16 heavy (non-hydrogen) atoms. The highest BCUT2D eigenvalue weighted by Gasteiger charge is 2.00. The number of aromatic nitrogens is 1. The Balaban J connectivity index is 3.01. The number of nitrogens with zero attached hydrogens (tertiary/aromatic N) is 1. The molecule has 0 aliphatic carbocycles. The Hall–Kier alpha value is -1.83. The van der Waals surface area contributed by atoms with Crippen molar-refractivity contribution in [3.63, 3.8) is 0 Å². The third-order valence-electron chi connectivity index (χ3n) is 2.04. The largest absolute Gasteiger partial charge is 0.382 e. The molecule has 1 N–H and O–H groups in total. The minimum absolute atomic E-state index is 0.396. The topological polar surface area (TPSA) is 24.9 Å². The number of hydrogen-bond donors (Lipinski definition) is 1. The predicted octanol–water partition coefficient (Wildman–Crippen LogP) is 3.66. The summed E-state index contributed by atoms with van der Waals surface area (Å²) in [6.07, 6.45) is 9.11. The number of rotatable bonds is 5. The molecular weight excluding hydrogens is 196 g/mol. The standard InChI is InChI=1S/C14H18N2/c1-5-7-12(6-2)13-8-14(10-15-9-13)16-11(3)4/h5-11,16H,1-2H2,3-4H3/b12-7+. The average Bonchev–Trinajstić information content (AvgIpc) is 2.25. The van der Waals surface area contributed by atoms with Gasteiger partial charge in [-0.2, -0.15) is 0 Å². The van der Waals surface area contributed by atoms with Crippen molar-refractivity contribution < 1.29 is 0 Å². The lowest BCUT2D eigenvalue weighted by atomic mass is 10.1. The van der Waals surface area contributed by atoms with Crippen molar-refractivity contribution in [3.8, 4) is 0 Å². The van der Waals surface area contributed by atoms with Crippen LogP contribution in [0.3, 0.4) is 0 Å². The number of hydrogen-bond acceptors (Lipinski definition) is 2. The lowest BCUT2D eigenvalue weighted by Crippen LogP contribution is -2.09. The lowest BCUT2D eigenvalue weighted by Gasteiger charge is -2.10. The minimum atomic E-state index is 0.396. The lowest BCUT2D eigenvalue weighted by molar-refractivity contribution is 0.897. The first-order valence-corrected chi connectivity index (χ1v) is 5.34. The third-order valence-corrected chi connectivity index (χ3v) is 2.04. The van der Waals surface area contributed by atoms with Crippen LogP contribution in [0.15, 0.2) is 49.8 Å². The molecule has 0 bridgehead atoms. The van der Waals surface area contributed by atoms with E-state index in [1.807, 2.05) is 18.5 Å². The van der Waals surface area contributed by atoms with E-state index >= 15 is 0 Å². The first-order chi connectivity index (χ1) is 7.67. The summed E-state index contributed by atoms with van der Waals surface area (Å²) in [6.45, 7) is 11.7. The van der Waals surface area contributed by atoms with E-state index in [4.69, 9.17) is 0 Å². The maximum atomic E-state index is 4.20. The first-order valence-electron chi connectivity index (χ1n) is 5.34. The minimum Gasteiger partial charge on any atom is -0.382 e. The maximum absolute atomic E-state index is 4.20. The highest BCUT2D eigenvalue weighted by Crippen LogP contribution is 2.18. The molecule has 2 nitrogen and oxygen atoms in total. The molecule has 1 heterocycles. The van der Waals surface area contributed by atoms with Gasteiger partial charge < -0.3 is 5.32 Å². The first kappa shape index (κ1) is 12.2. The van der Waals surface area contributed by atoms with Gasteiger partial charge in [0.05, 0.1) is 5.69 Å². The molecule has 0 amide bonds. The van der Waals surface area contributed by atoms with Gasteiger partial charge in [-0.3, -0.25) is 4.98 Å². The average molecular weight is 214 g/mol. The van der Waals surface area contributed by atoms with Gasteiger partial charge >= 0.3 is 0 Å². The van der Waals surface area contributed by atoms with Crippen molar-refractivity contribution in [2.24, 2.45) is 0 Å². The van der Waals surface area contributed by atoms with E-state index in [1.54, 1.807) is 12.2 Å². The van der Waals surface area contributed by atoms with Crippen LogP contribution in [0.25, 0.3) is 5.57 Å². The van der Waals surface area contributed by atoms with Crippen LogP contribution >= 0.6 is 0 Å². The number of allylic oxidation sites excluding steroid dienone is 4. The Morgan fingerprint density at radius 2 is 2.12 bits per heavy atom. The van der Waals surface area contributed by atoms with Crippen LogP contribution in [-0.4, -0.2) is 11.0 Å². The fourth-order valence-electron chi connectivity index (χ4n) is 1.42. The molecule has 0 aliphatic heterocycles. The van der Waals surface area contributed by atoms with Gasteiger partial charge in [-0.15, -0.1) is 0 Å². The third kappa shape index (κ3) is 3.39. The fourth-order valence-corrected chi connectivity index (χ4v) is 1.42. The van der Waals surface area contributed by atoms with Crippen LogP contribution < -0.4 is 5.32 Å². The van der Waals surface area contributed by atoms with Crippen LogP contribution in [0.4, 0.5) is 5.69 Å². The zero-order chi connectivity index (χ0) is 12.0. The molecule has 0 spiro atoms. The summed E-state index contributed by atoms with van der Waals surface area (Å²) in [7, 11) is 0. The number of anilines is 1. The second-order valence-corrected chi connectivity index (χ2v) is 3.82. The molecule has 1 aromatic heterocycles. The van der Waals surface area contributed by atoms with Gasteiger partial charge in [-0.25, -0.2) is 0 Å². The molecular formula is C14H18N2. The molecule has 0 radical (unpaired) electrons. The fraction of sp³-hybridized carbons (Fsp3) is 0.214. The Morgan fingerprint density at radius 3 is 2.69 bits per heavy atom. The van der Waals surface area contributed by atoms with Gasteiger partial charge in [0.1, 0.15) is 0 Å². The van der Waals surface area contributed by atoms with Crippen LogP contribution in [0.1, 0.15) is 19.4 Å². The molecule has 0 aliphatic rings. The van der Waals surface area contributed by atoms with Gasteiger partial charge in [-0.05, 0) is 25.5 Å². The highest BCUT2D eigenvalue weighted by atomic mass is 14.9. The van der Waals surface area contributed by atoms with Crippen molar-refractivity contribution in [3.05, 3.63) is 55.4 Å². The Kier molecular flexibility index (Phi) is 4.52.